The van der Waals surface area contributed by atoms with Gasteiger partial charge in [-0.05, 0) is 19.1 Å². The highest BCUT2D eigenvalue weighted by atomic mass is 32.1. The highest BCUT2D eigenvalue weighted by molar-refractivity contribution is 7.71. The van der Waals surface area contributed by atoms with Gasteiger partial charge in [0, 0.05) is 19.5 Å². The summed E-state index contributed by atoms with van der Waals surface area (Å²) in [6.45, 7) is 2.81. The molecular formula is C7H12N2OS. The molecule has 11 heavy (non-hydrogen) atoms. The molecule has 1 rings (SSSR count). The predicted molar refractivity (Wildman–Crippen MR) is 46.1 cm³/mol. The van der Waals surface area contributed by atoms with Crippen LogP contribution < -0.4 is 0 Å². The number of rotatable bonds is 3. The summed E-state index contributed by atoms with van der Waals surface area (Å²) >= 11 is 5.00. The maximum Gasteiger partial charge on any atom is 0.177 e. The molecule has 62 valence electrons. The van der Waals surface area contributed by atoms with Crippen LogP contribution in [0.4, 0.5) is 0 Å². The van der Waals surface area contributed by atoms with Gasteiger partial charge in [-0.2, -0.15) is 0 Å². The molecule has 0 aliphatic heterocycles. The van der Waals surface area contributed by atoms with E-state index in [4.69, 9.17) is 17.0 Å². The smallest absolute Gasteiger partial charge is 0.177 e. The monoisotopic (exact) mass is 172 g/mol. The lowest BCUT2D eigenvalue weighted by Crippen LogP contribution is -2.13. The van der Waals surface area contributed by atoms with E-state index in [-0.39, 0.29) is 6.10 Å². The van der Waals surface area contributed by atoms with Crippen molar-refractivity contribution < 1.29 is 4.74 Å². The zero-order valence-corrected chi connectivity index (χ0v) is 7.52. The highest BCUT2D eigenvalue weighted by Gasteiger charge is 1.99. The van der Waals surface area contributed by atoms with Crippen molar-refractivity contribution >= 4 is 12.2 Å². The van der Waals surface area contributed by atoms with Gasteiger partial charge in [-0.25, -0.2) is 0 Å². The minimum Gasteiger partial charge on any atom is -0.380 e. The van der Waals surface area contributed by atoms with Crippen LogP contribution in [0.15, 0.2) is 12.4 Å². The van der Waals surface area contributed by atoms with E-state index in [2.05, 4.69) is 4.98 Å². The lowest BCUT2D eigenvalue weighted by molar-refractivity contribution is 0.103. The zero-order valence-electron chi connectivity index (χ0n) is 6.70. The van der Waals surface area contributed by atoms with Crippen molar-refractivity contribution in [2.75, 3.05) is 7.11 Å². The molecule has 0 amide bonds. The molecule has 1 aromatic rings. The van der Waals surface area contributed by atoms with Gasteiger partial charge in [0.05, 0.1) is 12.6 Å². The van der Waals surface area contributed by atoms with E-state index >= 15 is 0 Å². The Kier molecular flexibility index (Phi) is 2.84. The van der Waals surface area contributed by atoms with Gasteiger partial charge in [-0.1, -0.05) is 0 Å². The normalized spacial score (nSPS) is 13.3. The van der Waals surface area contributed by atoms with Gasteiger partial charge < -0.3 is 14.3 Å². The maximum absolute atomic E-state index is 5.10. The minimum atomic E-state index is 0.206. The van der Waals surface area contributed by atoms with E-state index in [1.54, 1.807) is 7.11 Å². The fourth-order valence-corrected chi connectivity index (χ4v) is 1.05. The number of nitrogens with zero attached hydrogens (tertiary/aromatic N) is 1. The molecule has 0 spiro atoms. The molecule has 3 nitrogen and oxygen atoms in total. The lowest BCUT2D eigenvalue weighted by atomic mass is 10.4. The van der Waals surface area contributed by atoms with Crippen LogP contribution in [-0.2, 0) is 11.3 Å². The van der Waals surface area contributed by atoms with Gasteiger partial charge >= 0.3 is 0 Å². The standard InChI is InChI=1S/C7H12N2OS/c1-6(10-2)5-9-4-3-8-7(9)11/h3-4,6H,5H2,1-2H3,(H,8,11). The molecule has 0 aliphatic rings. The number of methoxy groups -OCH3 is 1. The molecule has 0 aromatic carbocycles. The van der Waals surface area contributed by atoms with E-state index in [0.717, 1.165) is 11.3 Å². The number of nitrogens with one attached hydrogen (secondary N) is 1. The molecule has 0 fully saturated rings. The molecule has 1 aromatic heterocycles. The summed E-state index contributed by atoms with van der Waals surface area (Å²) in [5.41, 5.74) is 0. The van der Waals surface area contributed by atoms with E-state index in [1.807, 2.05) is 23.9 Å². The van der Waals surface area contributed by atoms with Gasteiger partial charge in [-0.3, -0.25) is 0 Å². The molecule has 0 saturated heterocycles. The van der Waals surface area contributed by atoms with Crippen molar-refractivity contribution in [3.63, 3.8) is 0 Å². The molecule has 1 unspecified atom stereocenters. The van der Waals surface area contributed by atoms with Gasteiger partial charge in [0.2, 0.25) is 0 Å². The van der Waals surface area contributed by atoms with Crippen LogP contribution in [0.25, 0.3) is 0 Å². The number of hydrogen-bond donors (Lipinski definition) is 1. The van der Waals surface area contributed by atoms with Gasteiger partial charge in [0.25, 0.3) is 0 Å². The maximum atomic E-state index is 5.10. The van der Waals surface area contributed by atoms with Gasteiger partial charge in [-0.15, -0.1) is 0 Å². The fraction of sp³-hybridized carbons (Fsp3) is 0.571. The Hall–Kier alpha value is -0.610. The quantitative estimate of drug-likeness (QED) is 0.701. The average molecular weight is 172 g/mol. The van der Waals surface area contributed by atoms with Crippen LogP contribution in [0.3, 0.4) is 0 Å². The number of aromatic nitrogens is 2. The number of imidazole rings is 1. The van der Waals surface area contributed by atoms with Crippen LogP contribution in [0, 0.1) is 4.77 Å². The average Bonchev–Trinajstić information content (AvgIpc) is 2.37. The number of ether oxygens (including phenoxy) is 1. The summed E-state index contributed by atoms with van der Waals surface area (Å²) in [7, 11) is 1.70. The Balaban J connectivity index is 2.64. The topological polar surface area (TPSA) is 29.9 Å². The summed E-state index contributed by atoms with van der Waals surface area (Å²) in [4.78, 5) is 2.92. The van der Waals surface area contributed by atoms with Crippen molar-refractivity contribution in [1.82, 2.24) is 9.55 Å². The Labute approximate surface area is 71.0 Å². The first kappa shape index (κ1) is 8.49. The van der Waals surface area contributed by atoms with Crippen molar-refractivity contribution in [3.8, 4) is 0 Å². The Morgan fingerprint density at radius 2 is 2.55 bits per heavy atom. The fourth-order valence-electron chi connectivity index (χ4n) is 0.844. The summed E-state index contributed by atoms with van der Waals surface area (Å²) in [6, 6.07) is 0. The Bertz CT molecular complexity index is 265. The first-order valence-corrected chi connectivity index (χ1v) is 3.91. The van der Waals surface area contributed by atoms with Crippen LogP contribution >= 0.6 is 12.2 Å². The second kappa shape index (κ2) is 3.69. The lowest BCUT2D eigenvalue weighted by Gasteiger charge is -2.08. The zero-order chi connectivity index (χ0) is 8.27. The van der Waals surface area contributed by atoms with Crippen LogP contribution in [-0.4, -0.2) is 22.8 Å². The van der Waals surface area contributed by atoms with Crippen LogP contribution in [0.1, 0.15) is 6.92 Å². The molecular weight excluding hydrogens is 160 g/mol. The second-order valence-electron chi connectivity index (χ2n) is 2.46. The summed E-state index contributed by atoms with van der Waals surface area (Å²) < 4.78 is 7.79. The third kappa shape index (κ3) is 2.17. The predicted octanol–water partition coefficient (Wildman–Crippen LogP) is 1.58. The van der Waals surface area contributed by atoms with E-state index in [9.17, 15) is 0 Å². The summed E-state index contributed by atoms with van der Waals surface area (Å²) in [5.74, 6) is 0. The Morgan fingerprint density at radius 1 is 1.82 bits per heavy atom. The number of aromatic amines is 1. The highest BCUT2D eigenvalue weighted by Crippen LogP contribution is 1.96. The second-order valence-corrected chi connectivity index (χ2v) is 2.85. The molecule has 1 heterocycles. The molecule has 0 aliphatic carbocycles. The summed E-state index contributed by atoms with van der Waals surface area (Å²) in [6.07, 6.45) is 3.94. The molecule has 1 N–H and O–H groups in total. The van der Waals surface area contributed by atoms with Crippen molar-refractivity contribution in [3.05, 3.63) is 17.2 Å². The molecule has 0 radical (unpaired) electrons. The number of H-pyrrole nitrogens is 1. The molecule has 0 bridgehead atoms. The van der Waals surface area contributed by atoms with Gasteiger partial charge in [0.15, 0.2) is 4.77 Å². The number of hydrogen-bond acceptors (Lipinski definition) is 2. The van der Waals surface area contributed by atoms with Crippen molar-refractivity contribution in [2.24, 2.45) is 0 Å². The minimum absolute atomic E-state index is 0.206. The van der Waals surface area contributed by atoms with E-state index in [0.29, 0.717) is 0 Å². The molecule has 0 saturated carbocycles. The SMILES string of the molecule is COC(C)Cn1cc[nH]c1=S. The molecule has 1 atom stereocenters. The van der Waals surface area contributed by atoms with E-state index < -0.39 is 0 Å². The third-order valence-electron chi connectivity index (χ3n) is 1.58. The first-order chi connectivity index (χ1) is 5.24. The third-order valence-corrected chi connectivity index (χ3v) is 1.93. The van der Waals surface area contributed by atoms with Crippen molar-refractivity contribution in [1.29, 1.82) is 0 Å². The van der Waals surface area contributed by atoms with Crippen molar-refractivity contribution in [2.45, 2.75) is 19.6 Å². The largest absolute Gasteiger partial charge is 0.380 e. The van der Waals surface area contributed by atoms with Crippen LogP contribution in [0.2, 0.25) is 0 Å². The summed E-state index contributed by atoms with van der Waals surface area (Å²) in [5, 5.41) is 0. The van der Waals surface area contributed by atoms with Crippen LogP contribution in [0.5, 0.6) is 0 Å². The van der Waals surface area contributed by atoms with Gasteiger partial charge in [0.1, 0.15) is 0 Å². The molecule has 4 heteroatoms. The first-order valence-electron chi connectivity index (χ1n) is 3.50. The van der Waals surface area contributed by atoms with E-state index in [1.165, 1.54) is 0 Å². The Morgan fingerprint density at radius 3 is 3.00 bits per heavy atom.